The zero-order valence-corrected chi connectivity index (χ0v) is 18.8. The molecule has 0 aliphatic rings. The van der Waals surface area contributed by atoms with Crippen molar-refractivity contribution in [3.05, 3.63) is 64.8 Å². The lowest BCUT2D eigenvalue weighted by Crippen LogP contribution is -2.30. The number of carbonyl (C=O) groups is 1. The van der Waals surface area contributed by atoms with E-state index in [2.05, 4.69) is 20.4 Å². The van der Waals surface area contributed by atoms with Gasteiger partial charge in [-0.05, 0) is 37.3 Å². The van der Waals surface area contributed by atoms with Crippen LogP contribution in [0, 0.1) is 0 Å². The van der Waals surface area contributed by atoms with Crippen LogP contribution in [0.3, 0.4) is 0 Å². The van der Waals surface area contributed by atoms with Crippen LogP contribution in [0.1, 0.15) is 34.7 Å². The Morgan fingerprint density at radius 2 is 1.77 bits per heavy atom. The van der Waals surface area contributed by atoms with E-state index in [4.69, 9.17) is 11.6 Å². The fraction of sp³-hybridized carbons (Fsp3) is 0.222. The molecule has 2 N–H and O–H groups in total. The average Bonchev–Trinajstić information content (AvgIpc) is 3.22. The van der Waals surface area contributed by atoms with Gasteiger partial charge in [0.05, 0.1) is 23.5 Å². The predicted molar refractivity (Wildman–Crippen MR) is 110 cm³/mol. The number of benzene rings is 1. The zero-order valence-electron chi connectivity index (χ0n) is 17.2. The second-order valence-corrected chi connectivity index (χ2v) is 9.02. The molecule has 0 radical (unpaired) electrons. The number of carbonyl (C=O) groups excluding carboxylic acids is 1. The highest BCUT2D eigenvalue weighted by atomic mass is 35.5. The molecule has 0 aliphatic carbocycles. The number of nitrogens with one attached hydrogen (secondary N) is 2. The molecule has 0 spiro atoms. The third kappa shape index (κ3) is 6.00. The van der Waals surface area contributed by atoms with E-state index in [9.17, 15) is 39.6 Å². The van der Waals surface area contributed by atoms with Gasteiger partial charge in [-0.3, -0.25) is 9.52 Å². The minimum atomic E-state index is -5.65. The number of hydrogen-bond acceptors (Lipinski definition) is 6. The zero-order chi connectivity index (χ0) is 26.2. The smallest absolute Gasteiger partial charge is 0.342 e. The quantitative estimate of drug-likeness (QED) is 0.453. The van der Waals surface area contributed by atoms with Crippen LogP contribution in [0.4, 0.5) is 32.0 Å². The number of aromatic nitrogens is 4. The summed E-state index contributed by atoms with van der Waals surface area (Å²) in [5, 5.41) is 6.04. The number of amides is 1. The highest BCUT2D eigenvalue weighted by molar-refractivity contribution is 7.93. The largest absolute Gasteiger partial charge is 0.516 e. The first-order valence-corrected chi connectivity index (χ1v) is 11.1. The number of halogens is 7. The fourth-order valence-corrected chi connectivity index (χ4v) is 3.52. The maximum atomic E-state index is 13.0. The number of nitrogens with zero attached hydrogens (tertiary/aromatic N) is 4. The maximum absolute atomic E-state index is 13.0. The Kier molecular flexibility index (Phi) is 6.99. The van der Waals surface area contributed by atoms with Crippen LogP contribution in [0.2, 0.25) is 5.02 Å². The minimum Gasteiger partial charge on any atom is -0.342 e. The van der Waals surface area contributed by atoms with Crippen LogP contribution >= 0.6 is 11.6 Å². The van der Waals surface area contributed by atoms with Gasteiger partial charge in [0.25, 0.3) is 5.91 Å². The monoisotopic (exact) mass is 542 g/mol. The maximum Gasteiger partial charge on any atom is 0.516 e. The third-order valence-electron chi connectivity index (χ3n) is 4.32. The van der Waals surface area contributed by atoms with Gasteiger partial charge in [0.1, 0.15) is 6.33 Å². The van der Waals surface area contributed by atoms with Crippen molar-refractivity contribution in [3.8, 4) is 5.82 Å². The van der Waals surface area contributed by atoms with Crippen molar-refractivity contribution in [1.29, 1.82) is 0 Å². The van der Waals surface area contributed by atoms with E-state index in [0.717, 1.165) is 35.4 Å². The number of pyridine rings is 1. The summed E-state index contributed by atoms with van der Waals surface area (Å²) in [5.41, 5.74) is -7.48. The summed E-state index contributed by atoms with van der Waals surface area (Å²) in [7, 11) is -5.65. The molecule has 35 heavy (non-hydrogen) atoms. The molecule has 2 heterocycles. The van der Waals surface area contributed by atoms with Gasteiger partial charge in [-0.2, -0.15) is 44.5 Å². The van der Waals surface area contributed by atoms with Crippen molar-refractivity contribution in [2.75, 3.05) is 4.72 Å². The van der Waals surface area contributed by atoms with Gasteiger partial charge in [0.2, 0.25) is 0 Å². The molecule has 0 fully saturated rings. The normalized spacial score (nSPS) is 13.4. The van der Waals surface area contributed by atoms with E-state index >= 15 is 0 Å². The van der Waals surface area contributed by atoms with E-state index in [0.29, 0.717) is 12.1 Å². The topological polar surface area (TPSA) is 119 Å². The second kappa shape index (κ2) is 9.33. The standard InChI is InChI=1S/C18H13ClF6N6O3S/c1-9(29-16(32)10-4-11(17(20,21)22)6-12(19)5-10)15-27-8-28-31(15)14-3-2-13(7-26-14)30-35(33,34)18(23,24)25/h2-9,30H,1H3,(H,29,32)/t9-/m0/s1. The molecule has 9 nitrogen and oxygen atoms in total. The summed E-state index contributed by atoms with van der Waals surface area (Å²) >= 11 is 5.70. The van der Waals surface area contributed by atoms with Gasteiger partial charge in [-0.15, -0.1) is 0 Å². The highest BCUT2D eigenvalue weighted by Gasteiger charge is 2.46. The van der Waals surface area contributed by atoms with Crippen molar-refractivity contribution in [1.82, 2.24) is 25.1 Å². The Bertz CT molecular complexity index is 1340. The summed E-state index contributed by atoms with van der Waals surface area (Å²) in [4.78, 5) is 20.3. The molecule has 17 heteroatoms. The first-order chi connectivity index (χ1) is 16.1. The van der Waals surface area contributed by atoms with Gasteiger partial charge in [0.15, 0.2) is 11.6 Å². The number of alkyl halides is 6. The van der Waals surface area contributed by atoms with Crippen molar-refractivity contribution in [3.63, 3.8) is 0 Å². The van der Waals surface area contributed by atoms with Gasteiger partial charge in [0, 0.05) is 10.6 Å². The summed E-state index contributed by atoms with van der Waals surface area (Å²) in [6, 6.07) is 3.54. The van der Waals surface area contributed by atoms with E-state index in [1.165, 1.54) is 11.6 Å². The van der Waals surface area contributed by atoms with Gasteiger partial charge < -0.3 is 5.32 Å². The van der Waals surface area contributed by atoms with Crippen LogP contribution in [-0.2, 0) is 16.2 Å². The molecule has 0 saturated carbocycles. The number of anilines is 1. The lowest BCUT2D eigenvalue weighted by molar-refractivity contribution is -0.137. The molecule has 188 valence electrons. The highest BCUT2D eigenvalue weighted by Crippen LogP contribution is 2.32. The van der Waals surface area contributed by atoms with Crippen LogP contribution in [0.15, 0.2) is 42.9 Å². The molecular weight excluding hydrogens is 530 g/mol. The lowest BCUT2D eigenvalue weighted by Gasteiger charge is -2.16. The first-order valence-electron chi connectivity index (χ1n) is 9.22. The summed E-state index contributed by atoms with van der Waals surface area (Å²) in [6.45, 7) is 1.44. The lowest BCUT2D eigenvalue weighted by atomic mass is 10.1. The van der Waals surface area contributed by atoms with Crippen molar-refractivity contribution in [2.24, 2.45) is 0 Å². The Morgan fingerprint density at radius 1 is 1.09 bits per heavy atom. The van der Waals surface area contributed by atoms with Gasteiger partial charge >= 0.3 is 21.7 Å². The van der Waals surface area contributed by atoms with Gasteiger partial charge in [-0.1, -0.05) is 11.6 Å². The second-order valence-electron chi connectivity index (χ2n) is 6.91. The number of sulfonamides is 1. The minimum absolute atomic E-state index is 0.00401. The Hall–Kier alpha value is -3.40. The van der Waals surface area contributed by atoms with Crippen LogP contribution in [0.5, 0.6) is 0 Å². The van der Waals surface area contributed by atoms with Gasteiger partial charge in [-0.25, -0.2) is 9.97 Å². The molecule has 0 bridgehead atoms. The first kappa shape index (κ1) is 26.2. The summed E-state index contributed by atoms with van der Waals surface area (Å²) < 4.78 is 101. The molecule has 3 rings (SSSR count). The van der Waals surface area contributed by atoms with Crippen molar-refractivity contribution < 1.29 is 39.6 Å². The Labute approximate surface area is 198 Å². The molecule has 3 aromatic rings. The van der Waals surface area contributed by atoms with Crippen molar-refractivity contribution in [2.45, 2.75) is 24.7 Å². The molecule has 1 amide bonds. The fourth-order valence-electron chi connectivity index (χ4n) is 2.74. The molecule has 0 unspecified atom stereocenters. The summed E-state index contributed by atoms with van der Waals surface area (Å²) in [6.07, 6.45) is -2.85. The SMILES string of the molecule is C[C@H](NC(=O)c1cc(Cl)cc(C(F)(F)F)c1)c1ncnn1-c1ccc(NS(=O)(=O)C(F)(F)F)cn1. The molecule has 2 aromatic heterocycles. The molecular formula is C18H13ClF6N6O3S. The molecule has 1 aromatic carbocycles. The van der Waals surface area contributed by atoms with E-state index in [-0.39, 0.29) is 22.2 Å². The van der Waals surface area contributed by atoms with E-state index in [1.807, 2.05) is 0 Å². The van der Waals surface area contributed by atoms with Crippen molar-refractivity contribution >= 4 is 33.2 Å². The number of hydrogen-bond donors (Lipinski definition) is 2. The predicted octanol–water partition coefficient (Wildman–Crippen LogP) is 4.09. The van der Waals surface area contributed by atoms with Crippen LogP contribution in [-0.4, -0.2) is 39.6 Å². The average molecular weight is 543 g/mol. The summed E-state index contributed by atoms with van der Waals surface area (Å²) in [5.74, 6) is -0.840. The van der Waals surface area contributed by atoms with E-state index in [1.54, 1.807) is 0 Å². The Balaban J connectivity index is 1.80. The van der Waals surface area contributed by atoms with Crippen LogP contribution < -0.4 is 10.0 Å². The molecule has 1 atom stereocenters. The Morgan fingerprint density at radius 3 is 2.34 bits per heavy atom. The molecule has 0 aliphatic heterocycles. The van der Waals surface area contributed by atoms with E-state index < -0.39 is 44.9 Å². The molecule has 0 saturated heterocycles. The number of rotatable bonds is 6. The van der Waals surface area contributed by atoms with Crippen LogP contribution in [0.25, 0.3) is 5.82 Å². The third-order valence-corrected chi connectivity index (χ3v) is 5.65.